The molecule has 4 rings (SSSR count). The van der Waals surface area contributed by atoms with Gasteiger partial charge < -0.3 is 15.0 Å². The minimum absolute atomic E-state index is 0.0610. The van der Waals surface area contributed by atoms with Crippen molar-refractivity contribution in [1.82, 2.24) is 19.8 Å². The predicted molar refractivity (Wildman–Crippen MR) is 111 cm³/mol. The number of benzene rings is 1. The van der Waals surface area contributed by atoms with Crippen LogP contribution in [0.25, 0.3) is 0 Å². The van der Waals surface area contributed by atoms with Crippen LogP contribution in [-0.4, -0.2) is 65.1 Å². The monoisotopic (exact) mass is 395 g/mol. The molecule has 0 saturated carbocycles. The largest absolute Gasteiger partial charge is 0.381 e. The number of rotatable bonds is 6. The number of anilines is 1. The fourth-order valence-electron chi connectivity index (χ4n) is 3.90. The number of carbonyl (C=O) groups excluding carboxylic acids is 1. The lowest BCUT2D eigenvalue weighted by atomic mass is 10.1. The third-order valence-electron chi connectivity index (χ3n) is 5.58. The highest BCUT2D eigenvalue weighted by Crippen LogP contribution is 2.17. The quantitative estimate of drug-likeness (QED) is 0.808. The van der Waals surface area contributed by atoms with E-state index in [4.69, 9.17) is 4.74 Å². The van der Waals surface area contributed by atoms with Crippen molar-refractivity contribution in [3.05, 3.63) is 53.9 Å². The first-order valence-corrected chi connectivity index (χ1v) is 10.5. The van der Waals surface area contributed by atoms with Crippen molar-refractivity contribution in [3.63, 3.8) is 0 Å². The number of hydrogen-bond donors (Lipinski definition) is 1. The Morgan fingerprint density at radius 2 is 1.90 bits per heavy atom. The minimum atomic E-state index is 0.0610. The molecule has 3 heterocycles. The van der Waals surface area contributed by atoms with Crippen molar-refractivity contribution < 1.29 is 9.53 Å². The summed E-state index contributed by atoms with van der Waals surface area (Å²) in [6.45, 7) is 6.31. The van der Waals surface area contributed by atoms with E-state index >= 15 is 0 Å². The number of hydrogen-bond acceptors (Lipinski definition) is 6. The van der Waals surface area contributed by atoms with E-state index in [-0.39, 0.29) is 11.8 Å². The molecule has 1 atom stereocenters. The summed E-state index contributed by atoms with van der Waals surface area (Å²) in [4.78, 5) is 25.9. The average Bonchev–Trinajstić information content (AvgIpc) is 3.21. The molecule has 29 heavy (non-hydrogen) atoms. The molecule has 7 heteroatoms. The standard InChI is InChI=1S/C22H29N5O2/c28-21(20-7-12-29-17-20)27-9-4-8-26(10-11-27)16-19-14-24-22(25-15-19)23-13-18-5-2-1-3-6-18/h1-3,5-6,14-15,20H,4,7-13,16-17H2,(H,23,24,25). The summed E-state index contributed by atoms with van der Waals surface area (Å²) in [6, 6.07) is 10.2. The molecule has 0 aliphatic carbocycles. The van der Waals surface area contributed by atoms with Gasteiger partial charge >= 0.3 is 0 Å². The number of nitrogens with one attached hydrogen (secondary N) is 1. The van der Waals surface area contributed by atoms with E-state index in [2.05, 4.69) is 32.3 Å². The molecule has 1 aromatic carbocycles. The maximum atomic E-state index is 12.6. The first kappa shape index (κ1) is 19.8. The Kier molecular flexibility index (Phi) is 6.69. The highest BCUT2D eigenvalue weighted by atomic mass is 16.5. The van der Waals surface area contributed by atoms with Crippen LogP contribution < -0.4 is 5.32 Å². The Morgan fingerprint density at radius 1 is 1.07 bits per heavy atom. The van der Waals surface area contributed by atoms with Gasteiger partial charge in [0.25, 0.3) is 0 Å². The van der Waals surface area contributed by atoms with Crippen LogP contribution in [0, 0.1) is 5.92 Å². The summed E-state index contributed by atoms with van der Waals surface area (Å²) in [5.74, 6) is 0.969. The van der Waals surface area contributed by atoms with Gasteiger partial charge in [-0.2, -0.15) is 0 Å². The molecule has 0 spiro atoms. The van der Waals surface area contributed by atoms with Crippen LogP contribution in [0.3, 0.4) is 0 Å². The third-order valence-corrected chi connectivity index (χ3v) is 5.58. The number of amides is 1. The van der Waals surface area contributed by atoms with Crippen molar-refractivity contribution in [2.75, 3.05) is 44.7 Å². The van der Waals surface area contributed by atoms with Crippen LogP contribution in [0.1, 0.15) is 24.0 Å². The summed E-state index contributed by atoms with van der Waals surface area (Å²) in [6.07, 6.45) is 5.64. The smallest absolute Gasteiger partial charge is 0.228 e. The Hall–Kier alpha value is -2.51. The van der Waals surface area contributed by atoms with E-state index in [0.29, 0.717) is 25.7 Å². The van der Waals surface area contributed by atoms with Crippen LogP contribution in [-0.2, 0) is 22.6 Å². The summed E-state index contributed by atoms with van der Waals surface area (Å²) in [7, 11) is 0. The second kappa shape index (κ2) is 9.80. The van der Waals surface area contributed by atoms with Crippen LogP contribution in [0.5, 0.6) is 0 Å². The van der Waals surface area contributed by atoms with E-state index < -0.39 is 0 Å². The summed E-state index contributed by atoms with van der Waals surface area (Å²) < 4.78 is 5.38. The second-order valence-electron chi connectivity index (χ2n) is 7.77. The molecule has 154 valence electrons. The molecular weight excluding hydrogens is 366 g/mol. The van der Waals surface area contributed by atoms with Gasteiger partial charge in [-0.15, -0.1) is 0 Å². The number of nitrogens with zero attached hydrogens (tertiary/aromatic N) is 4. The summed E-state index contributed by atoms with van der Waals surface area (Å²) in [5.41, 5.74) is 2.30. The molecule has 0 bridgehead atoms. The molecule has 1 aromatic heterocycles. The SMILES string of the molecule is O=C(C1CCOC1)N1CCCN(Cc2cnc(NCc3ccccc3)nc2)CC1. The normalized spacial score (nSPS) is 20.4. The summed E-state index contributed by atoms with van der Waals surface area (Å²) >= 11 is 0. The van der Waals surface area contributed by atoms with Crippen molar-refractivity contribution in [2.24, 2.45) is 5.92 Å². The second-order valence-corrected chi connectivity index (χ2v) is 7.77. The molecule has 7 nitrogen and oxygen atoms in total. The molecule has 2 aliphatic heterocycles. The van der Waals surface area contributed by atoms with E-state index in [9.17, 15) is 4.79 Å². The van der Waals surface area contributed by atoms with Gasteiger partial charge in [-0.05, 0) is 18.4 Å². The fraction of sp³-hybridized carbons (Fsp3) is 0.500. The Balaban J connectivity index is 1.25. The van der Waals surface area contributed by atoms with Gasteiger partial charge in [0, 0.05) is 63.8 Å². The zero-order chi connectivity index (χ0) is 19.9. The van der Waals surface area contributed by atoms with Gasteiger partial charge in [-0.25, -0.2) is 9.97 Å². The average molecular weight is 396 g/mol. The zero-order valence-electron chi connectivity index (χ0n) is 16.8. The number of aromatic nitrogens is 2. The van der Waals surface area contributed by atoms with Gasteiger partial charge in [-0.1, -0.05) is 30.3 Å². The lowest BCUT2D eigenvalue weighted by Crippen LogP contribution is -2.39. The van der Waals surface area contributed by atoms with Gasteiger partial charge in [0.1, 0.15) is 0 Å². The minimum Gasteiger partial charge on any atom is -0.381 e. The van der Waals surface area contributed by atoms with E-state index in [0.717, 1.165) is 51.1 Å². The molecular formula is C22H29N5O2. The van der Waals surface area contributed by atoms with Gasteiger partial charge in [0.05, 0.1) is 12.5 Å². The Morgan fingerprint density at radius 3 is 2.66 bits per heavy atom. The topological polar surface area (TPSA) is 70.6 Å². The highest BCUT2D eigenvalue weighted by Gasteiger charge is 2.29. The molecule has 2 aromatic rings. The number of ether oxygens (including phenoxy) is 1. The van der Waals surface area contributed by atoms with Crippen LogP contribution in [0.4, 0.5) is 5.95 Å². The van der Waals surface area contributed by atoms with Crippen LogP contribution in [0.15, 0.2) is 42.7 Å². The first-order valence-electron chi connectivity index (χ1n) is 10.5. The maximum Gasteiger partial charge on any atom is 0.228 e. The molecule has 1 amide bonds. The van der Waals surface area contributed by atoms with Gasteiger partial charge in [0.15, 0.2) is 0 Å². The Bertz CT molecular complexity index is 778. The first-order chi connectivity index (χ1) is 14.3. The molecule has 2 saturated heterocycles. The third kappa shape index (κ3) is 5.52. The van der Waals surface area contributed by atoms with Crippen LogP contribution in [0.2, 0.25) is 0 Å². The van der Waals surface area contributed by atoms with Crippen molar-refractivity contribution in [3.8, 4) is 0 Å². The highest BCUT2D eigenvalue weighted by molar-refractivity contribution is 5.79. The molecule has 2 fully saturated rings. The molecule has 1 N–H and O–H groups in total. The van der Waals surface area contributed by atoms with E-state index in [1.54, 1.807) is 0 Å². The van der Waals surface area contributed by atoms with Gasteiger partial charge in [0.2, 0.25) is 11.9 Å². The maximum absolute atomic E-state index is 12.6. The lowest BCUT2D eigenvalue weighted by molar-refractivity contribution is -0.135. The van der Waals surface area contributed by atoms with Crippen molar-refractivity contribution in [2.45, 2.75) is 25.9 Å². The molecule has 0 radical (unpaired) electrons. The van der Waals surface area contributed by atoms with Crippen LogP contribution >= 0.6 is 0 Å². The zero-order valence-corrected chi connectivity index (χ0v) is 16.8. The van der Waals surface area contributed by atoms with Crippen molar-refractivity contribution >= 4 is 11.9 Å². The summed E-state index contributed by atoms with van der Waals surface area (Å²) in [5, 5.41) is 3.26. The van der Waals surface area contributed by atoms with E-state index in [1.165, 1.54) is 5.56 Å². The predicted octanol–water partition coefficient (Wildman–Crippen LogP) is 2.16. The van der Waals surface area contributed by atoms with Gasteiger partial charge in [-0.3, -0.25) is 9.69 Å². The van der Waals surface area contributed by atoms with Crippen molar-refractivity contribution in [1.29, 1.82) is 0 Å². The number of carbonyl (C=O) groups is 1. The fourth-order valence-corrected chi connectivity index (χ4v) is 3.90. The lowest BCUT2D eigenvalue weighted by Gasteiger charge is -2.24. The Labute approximate surface area is 172 Å². The van der Waals surface area contributed by atoms with E-state index in [1.807, 2.05) is 35.5 Å². The molecule has 1 unspecified atom stereocenters. The molecule has 2 aliphatic rings.